The quantitative estimate of drug-likeness (QED) is 0.812. The van der Waals surface area contributed by atoms with Crippen LogP contribution in [-0.2, 0) is 0 Å². The number of H-pyrrole nitrogens is 1. The molecule has 0 radical (unpaired) electrons. The van der Waals surface area contributed by atoms with Crippen LogP contribution in [0.1, 0.15) is 0 Å². The number of aromatic nitrogens is 2. The van der Waals surface area contributed by atoms with Crippen LogP contribution in [0.25, 0.3) is 0 Å². The molecule has 4 heteroatoms. The highest BCUT2D eigenvalue weighted by Gasteiger charge is 1.96. The van der Waals surface area contributed by atoms with Crippen LogP contribution in [0, 0.1) is 0 Å². The van der Waals surface area contributed by atoms with E-state index in [1.807, 2.05) is 30.3 Å². The zero-order chi connectivity index (χ0) is 9.80. The van der Waals surface area contributed by atoms with Crippen molar-refractivity contribution < 1.29 is 0 Å². The molecule has 1 N–H and O–H groups in total. The third kappa shape index (κ3) is 2.23. The number of nitrogens with zero attached hydrogens (tertiary/aromatic N) is 1. The lowest BCUT2D eigenvalue weighted by Gasteiger charge is -1.98. The third-order valence-electron chi connectivity index (χ3n) is 1.62. The van der Waals surface area contributed by atoms with E-state index in [4.69, 9.17) is 0 Å². The van der Waals surface area contributed by atoms with E-state index >= 15 is 0 Å². The summed E-state index contributed by atoms with van der Waals surface area (Å²) in [6, 6.07) is 11.4. The first-order valence-corrected chi connectivity index (χ1v) is 4.94. The monoisotopic (exact) mass is 204 g/mol. The van der Waals surface area contributed by atoms with Gasteiger partial charge in [-0.3, -0.25) is 4.79 Å². The van der Waals surface area contributed by atoms with E-state index in [2.05, 4.69) is 10.2 Å². The van der Waals surface area contributed by atoms with Gasteiger partial charge in [0.15, 0.2) is 0 Å². The average molecular weight is 204 g/mol. The van der Waals surface area contributed by atoms with Gasteiger partial charge in [-0.15, -0.1) is 0 Å². The molecule has 0 aliphatic carbocycles. The molecule has 0 spiro atoms. The Labute approximate surface area is 85.2 Å². The Morgan fingerprint density at radius 3 is 2.64 bits per heavy atom. The minimum Gasteiger partial charge on any atom is -0.268 e. The second-order valence-corrected chi connectivity index (χ2v) is 3.84. The van der Waals surface area contributed by atoms with Crippen molar-refractivity contribution in [3.05, 3.63) is 52.9 Å². The lowest BCUT2D eigenvalue weighted by Crippen LogP contribution is -2.04. The lowest BCUT2D eigenvalue weighted by molar-refractivity contribution is 0.956. The number of benzene rings is 1. The van der Waals surface area contributed by atoms with Crippen LogP contribution in [0.3, 0.4) is 0 Å². The molecule has 0 saturated heterocycles. The van der Waals surface area contributed by atoms with E-state index in [1.165, 1.54) is 17.8 Å². The summed E-state index contributed by atoms with van der Waals surface area (Å²) in [7, 11) is 0. The van der Waals surface area contributed by atoms with E-state index in [-0.39, 0.29) is 5.56 Å². The molecule has 0 fully saturated rings. The van der Waals surface area contributed by atoms with Crippen molar-refractivity contribution in [1.82, 2.24) is 10.2 Å². The first-order valence-electron chi connectivity index (χ1n) is 4.12. The second-order valence-electron chi connectivity index (χ2n) is 2.70. The van der Waals surface area contributed by atoms with Crippen molar-refractivity contribution in [3.8, 4) is 0 Å². The van der Waals surface area contributed by atoms with E-state index in [0.29, 0.717) is 0 Å². The normalized spacial score (nSPS) is 10.0. The largest absolute Gasteiger partial charge is 0.268 e. The summed E-state index contributed by atoms with van der Waals surface area (Å²) < 4.78 is 0. The Hall–Kier alpha value is -1.55. The fourth-order valence-electron chi connectivity index (χ4n) is 1.04. The van der Waals surface area contributed by atoms with Crippen LogP contribution in [0.15, 0.2) is 57.2 Å². The van der Waals surface area contributed by atoms with Crippen LogP contribution in [-0.4, -0.2) is 10.2 Å². The Bertz CT molecular complexity index is 467. The Morgan fingerprint density at radius 2 is 1.93 bits per heavy atom. The predicted molar refractivity (Wildman–Crippen MR) is 55.4 cm³/mol. The highest BCUT2D eigenvalue weighted by molar-refractivity contribution is 7.99. The fraction of sp³-hybridized carbons (Fsp3) is 0. The molecule has 0 amide bonds. The molecule has 0 bridgehead atoms. The van der Waals surface area contributed by atoms with Crippen molar-refractivity contribution in [2.45, 2.75) is 9.79 Å². The first-order chi connectivity index (χ1) is 6.84. The maximum absolute atomic E-state index is 10.9. The van der Waals surface area contributed by atoms with Crippen LogP contribution >= 0.6 is 11.8 Å². The molecule has 0 saturated carbocycles. The first kappa shape index (κ1) is 9.02. The van der Waals surface area contributed by atoms with Crippen molar-refractivity contribution in [2.24, 2.45) is 0 Å². The molecule has 2 aromatic rings. The van der Waals surface area contributed by atoms with Gasteiger partial charge in [0.05, 0.1) is 6.20 Å². The highest BCUT2D eigenvalue weighted by atomic mass is 32.2. The van der Waals surface area contributed by atoms with Crippen LogP contribution in [0.4, 0.5) is 0 Å². The van der Waals surface area contributed by atoms with E-state index in [9.17, 15) is 4.79 Å². The highest BCUT2D eigenvalue weighted by Crippen LogP contribution is 2.24. The smallest absolute Gasteiger partial charge is 0.265 e. The average Bonchev–Trinajstić information content (AvgIpc) is 2.19. The topological polar surface area (TPSA) is 45.8 Å². The standard InChI is InChI=1S/C10H8N2OS/c13-10-6-9(7-11-12-10)14-8-4-2-1-3-5-8/h1-7H,(H,12,13). The lowest BCUT2D eigenvalue weighted by atomic mass is 10.4. The molecule has 0 unspecified atom stereocenters. The summed E-state index contributed by atoms with van der Waals surface area (Å²) >= 11 is 1.52. The van der Waals surface area contributed by atoms with E-state index < -0.39 is 0 Å². The number of hydrogen-bond acceptors (Lipinski definition) is 3. The number of nitrogens with one attached hydrogen (secondary N) is 1. The second kappa shape index (κ2) is 4.11. The molecule has 14 heavy (non-hydrogen) atoms. The van der Waals surface area contributed by atoms with Crippen molar-refractivity contribution in [2.75, 3.05) is 0 Å². The number of hydrogen-bond donors (Lipinski definition) is 1. The molecule has 0 aliphatic rings. The van der Waals surface area contributed by atoms with Crippen molar-refractivity contribution in [1.29, 1.82) is 0 Å². The Kier molecular flexibility index (Phi) is 2.65. The van der Waals surface area contributed by atoms with Gasteiger partial charge in [-0.2, -0.15) is 5.10 Å². The van der Waals surface area contributed by atoms with E-state index in [1.54, 1.807) is 6.20 Å². The molecule has 1 aromatic carbocycles. The SMILES string of the molecule is O=c1cc(Sc2ccccc2)cn[nH]1. The summed E-state index contributed by atoms with van der Waals surface area (Å²) in [6.07, 6.45) is 1.64. The van der Waals surface area contributed by atoms with Crippen molar-refractivity contribution >= 4 is 11.8 Å². The molecule has 3 nitrogen and oxygen atoms in total. The predicted octanol–water partition coefficient (Wildman–Crippen LogP) is 1.92. The van der Waals surface area contributed by atoms with Gasteiger partial charge in [0, 0.05) is 15.9 Å². The fourth-order valence-corrected chi connectivity index (χ4v) is 1.88. The minimum atomic E-state index is -0.175. The molecule has 70 valence electrons. The van der Waals surface area contributed by atoms with Gasteiger partial charge in [-0.05, 0) is 12.1 Å². The van der Waals surface area contributed by atoms with Gasteiger partial charge in [0.25, 0.3) is 5.56 Å². The summed E-state index contributed by atoms with van der Waals surface area (Å²) in [5.41, 5.74) is -0.175. The minimum absolute atomic E-state index is 0.175. The van der Waals surface area contributed by atoms with Crippen LogP contribution < -0.4 is 5.56 Å². The molecular formula is C10H8N2OS. The molecule has 1 aromatic heterocycles. The van der Waals surface area contributed by atoms with Gasteiger partial charge in [-0.25, -0.2) is 5.10 Å². The summed E-state index contributed by atoms with van der Waals surface area (Å²) in [5, 5.41) is 6.06. The number of aromatic amines is 1. The third-order valence-corrected chi connectivity index (χ3v) is 2.59. The molecule has 0 atom stereocenters. The maximum atomic E-state index is 10.9. The van der Waals surface area contributed by atoms with Gasteiger partial charge in [-0.1, -0.05) is 30.0 Å². The zero-order valence-electron chi connectivity index (χ0n) is 7.31. The molecule has 0 aliphatic heterocycles. The van der Waals surface area contributed by atoms with E-state index in [0.717, 1.165) is 9.79 Å². The van der Waals surface area contributed by atoms with Gasteiger partial charge >= 0.3 is 0 Å². The summed E-state index contributed by atoms with van der Waals surface area (Å²) in [4.78, 5) is 12.9. The van der Waals surface area contributed by atoms with Crippen LogP contribution in [0.2, 0.25) is 0 Å². The zero-order valence-corrected chi connectivity index (χ0v) is 8.12. The van der Waals surface area contributed by atoms with Gasteiger partial charge in [0.2, 0.25) is 0 Å². The van der Waals surface area contributed by atoms with Crippen LogP contribution in [0.5, 0.6) is 0 Å². The maximum Gasteiger partial charge on any atom is 0.265 e. The molecule has 2 rings (SSSR count). The van der Waals surface area contributed by atoms with Gasteiger partial charge in [0.1, 0.15) is 0 Å². The Morgan fingerprint density at radius 1 is 1.14 bits per heavy atom. The summed E-state index contributed by atoms with van der Waals surface area (Å²) in [6.45, 7) is 0. The van der Waals surface area contributed by atoms with Gasteiger partial charge < -0.3 is 0 Å². The molecular weight excluding hydrogens is 196 g/mol. The summed E-state index contributed by atoms with van der Waals surface area (Å²) in [5.74, 6) is 0. The molecule has 1 heterocycles. The Balaban J connectivity index is 2.24. The number of rotatable bonds is 2. The van der Waals surface area contributed by atoms with Crippen molar-refractivity contribution in [3.63, 3.8) is 0 Å².